The standard InChI is InChI=1S/C13H13ClN2OS/c14-10-4-1-5-11(12(10)13(15)18)16-7-6-9-3-2-8-17-9/h1-5,8,16H,6-7H2,(H2,15,18). The van der Waals surface area contributed by atoms with Crippen molar-refractivity contribution in [2.24, 2.45) is 5.73 Å². The summed E-state index contributed by atoms with van der Waals surface area (Å²) in [5.41, 5.74) is 7.21. The van der Waals surface area contributed by atoms with E-state index in [1.54, 1.807) is 12.3 Å². The predicted octanol–water partition coefficient (Wildman–Crippen LogP) is 3.22. The molecule has 0 spiro atoms. The number of thiocarbonyl (C=S) groups is 1. The van der Waals surface area contributed by atoms with Gasteiger partial charge >= 0.3 is 0 Å². The van der Waals surface area contributed by atoms with Crippen LogP contribution in [0.2, 0.25) is 5.02 Å². The van der Waals surface area contributed by atoms with Gasteiger partial charge < -0.3 is 15.5 Å². The van der Waals surface area contributed by atoms with Gasteiger partial charge in [0, 0.05) is 18.7 Å². The van der Waals surface area contributed by atoms with E-state index in [4.69, 9.17) is 34.0 Å². The Balaban J connectivity index is 2.05. The number of benzene rings is 1. The van der Waals surface area contributed by atoms with E-state index in [9.17, 15) is 0 Å². The molecule has 5 heteroatoms. The number of nitrogens with one attached hydrogen (secondary N) is 1. The smallest absolute Gasteiger partial charge is 0.107 e. The molecule has 0 aliphatic rings. The average Bonchev–Trinajstić information content (AvgIpc) is 2.81. The minimum atomic E-state index is 0.293. The number of furan rings is 1. The van der Waals surface area contributed by atoms with Gasteiger partial charge in [-0.05, 0) is 24.3 Å². The molecular formula is C13H13ClN2OS. The highest BCUT2D eigenvalue weighted by atomic mass is 35.5. The summed E-state index contributed by atoms with van der Waals surface area (Å²) in [4.78, 5) is 0.293. The first-order chi connectivity index (χ1) is 8.68. The van der Waals surface area contributed by atoms with Crippen LogP contribution < -0.4 is 11.1 Å². The lowest BCUT2D eigenvalue weighted by molar-refractivity contribution is 0.513. The molecule has 18 heavy (non-hydrogen) atoms. The summed E-state index contributed by atoms with van der Waals surface area (Å²) in [6.07, 6.45) is 2.45. The zero-order valence-corrected chi connectivity index (χ0v) is 11.2. The maximum Gasteiger partial charge on any atom is 0.107 e. The topological polar surface area (TPSA) is 51.2 Å². The summed E-state index contributed by atoms with van der Waals surface area (Å²) in [6.45, 7) is 0.726. The fourth-order valence-electron chi connectivity index (χ4n) is 1.70. The molecule has 0 bridgehead atoms. The number of rotatable bonds is 5. The number of hydrogen-bond acceptors (Lipinski definition) is 3. The lowest BCUT2D eigenvalue weighted by atomic mass is 10.1. The predicted molar refractivity (Wildman–Crippen MR) is 78.2 cm³/mol. The maximum absolute atomic E-state index is 6.08. The van der Waals surface area contributed by atoms with Gasteiger partial charge in [-0.3, -0.25) is 0 Å². The van der Waals surface area contributed by atoms with Gasteiger partial charge in [-0.15, -0.1) is 0 Å². The van der Waals surface area contributed by atoms with E-state index in [2.05, 4.69) is 5.32 Å². The van der Waals surface area contributed by atoms with Gasteiger partial charge in [0.2, 0.25) is 0 Å². The van der Waals surface area contributed by atoms with Gasteiger partial charge in [-0.2, -0.15) is 0 Å². The van der Waals surface area contributed by atoms with Crippen LogP contribution in [0.15, 0.2) is 41.0 Å². The van der Waals surface area contributed by atoms with Crippen LogP contribution in [0.4, 0.5) is 5.69 Å². The Morgan fingerprint density at radius 2 is 2.17 bits per heavy atom. The first-order valence-electron chi connectivity index (χ1n) is 5.53. The first-order valence-corrected chi connectivity index (χ1v) is 6.31. The van der Waals surface area contributed by atoms with Crippen LogP contribution >= 0.6 is 23.8 Å². The third-order valence-electron chi connectivity index (χ3n) is 2.53. The fourth-order valence-corrected chi connectivity index (χ4v) is 2.25. The van der Waals surface area contributed by atoms with Crippen LogP contribution in [0, 0.1) is 0 Å². The quantitative estimate of drug-likeness (QED) is 0.826. The van der Waals surface area contributed by atoms with Gasteiger partial charge in [0.05, 0.1) is 16.8 Å². The molecule has 1 heterocycles. The fraction of sp³-hybridized carbons (Fsp3) is 0.154. The van der Waals surface area contributed by atoms with E-state index in [1.165, 1.54) is 0 Å². The monoisotopic (exact) mass is 280 g/mol. The second-order valence-electron chi connectivity index (χ2n) is 3.78. The van der Waals surface area contributed by atoms with Crippen molar-refractivity contribution >= 4 is 34.5 Å². The normalized spacial score (nSPS) is 10.3. The zero-order chi connectivity index (χ0) is 13.0. The third kappa shape index (κ3) is 3.03. The number of nitrogens with two attached hydrogens (primary N) is 1. The summed E-state index contributed by atoms with van der Waals surface area (Å²) in [5.74, 6) is 0.932. The Labute approximate surface area is 116 Å². The minimum absolute atomic E-state index is 0.293. The Morgan fingerprint density at radius 3 is 2.83 bits per heavy atom. The molecule has 1 aromatic carbocycles. The molecule has 0 saturated heterocycles. The average molecular weight is 281 g/mol. The van der Waals surface area contributed by atoms with Crippen molar-refractivity contribution in [2.45, 2.75) is 6.42 Å². The van der Waals surface area contributed by atoms with Crippen molar-refractivity contribution in [3.63, 3.8) is 0 Å². The van der Waals surface area contributed by atoms with Crippen molar-refractivity contribution in [1.82, 2.24) is 0 Å². The van der Waals surface area contributed by atoms with Gasteiger partial charge in [0.25, 0.3) is 0 Å². The van der Waals surface area contributed by atoms with E-state index >= 15 is 0 Å². The van der Waals surface area contributed by atoms with Crippen LogP contribution in [0.5, 0.6) is 0 Å². The Kier molecular flexibility index (Phi) is 4.23. The molecule has 0 atom stereocenters. The van der Waals surface area contributed by atoms with E-state index < -0.39 is 0 Å². The number of hydrogen-bond donors (Lipinski definition) is 2. The SMILES string of the molecule is NC(=S)c1c(Cl)cccc1NCCc1ccco1. The van der Waals surface area contributed by atoms with Gasteiger partial charge in [-0.1, -0.05) is 29.9 Å². The van der Waals surface area contributed by atoms with E-state index in [1.807, 2.05) is 24.3 Å². The highest BCUT2D eigenvalue weighted by Gasteiger charge is 2.09. The summed E-state index contributed by atoms with van der Waals surface area (Å²) in [5, 5.41) is 3.82. The van der Waals surface area contributed by atoms with Crippen molar-refractivity contribution in [1.29, 1.82) is 0 Å². The van der Waals surface area contributed by atoms with Crippen LogP contribution in [0.1, 0.15) is 11.3 Å². The van der Waals surface area contributed by atoms with Crippen molar-refractivity contribution < 1.29 is 4.42 Å². The summed E-state index contributed by atoms with van der Waals surface area (Å²) in [7, 11) is 0. The summed E-state index contributed by atoms with van der Waals surface area (Å²) in [6, 6.07) is 9.35. The molecule has 0 radical (unpaired) electrons. The molecule has 0 aliphatic heterocycles. The van der Waals surface area contributed by atoms with Crippen LogP contribution in [-0.4, -0.2) is 11.5 Å². The molecule has 3 nitrogen and oxygen atoms in total. The van der Waals surface area contributed by atoms with E-state index in [0.29, 0.717) is 15.6 Å². The Bertz CT molecular complexity index is 540. The lowest BCUT2D eigenvalue weighted by Gasteiger charge is -2.11. The maximum atomic E-state index is 6.08. The lowest BCUT2D eigenvalue weighted by Crippen LogP contribution is -2.15. The molecule has 3 N–H and O–H groups in total. The largest absolute Gasteiger partial charge is 0.469 e. The van der Waals surface area contributed by atoms with Gasteiger partial charge in [-0.25, -0.2) is 0 Å². The van der Waals surface area contributed by atoms with Crippen molar-refractivity contribution in [3.05, 3.63) is 52.9 Å². The molecular weight excluding hydrogens is 268 g/mol. The first kappa shape index (κ1) is 12.9. The molecule has 0 saturated carbocycles. The zero-order valence-electron chi connectivity index (χ0n) is 9.65. The van der Waals surface area contributed by atoms with E-state index in [-0.39, 0.29) is 0 Å². The molecule has 1 aromatic heterocycles. The van der Waals surface area contributed by atoms with E-state index in [0.717, 1.165) is 24.4 Å². The number of halogens is 1. The Morgan fingerprint density at radius 1 is 1.33 bits per heavy atom. The Hall–Kier alpha value is -1.52. The molecule has 2 rings (SSSR count). The van der Waals surface area contributed by atoms with Crippen molar-refractivity contribution in [3.8, 4) is 0 Å². The molecule has 2 aromatic rings. The highest BCUT2D eigenvalue weighted by molar-refractivity contribution is 7.80. The summed E-state index contributed by atoms with van der Waals surface area (Å²) < 4.78 is 5.26. The van der Waals surface area contributed by atoms with Gasteiger partial charge in [0.1, 0.15) is 10.7 Å². The van der Waals surface area contributed by atoms with Crippen LogP contribution in [-0.2, 0) is 6.42 Å². The third-order valence-corrected chi connectivity index (χ3v) is 3.05. The molecule has 0 fully saturated rings. The minimum Gasteiger partial charge on any atom is -0.469 e. The second-order valence-corrected chi connectivity index (χ2v) is 4.63. The molecule has 0 aliphatic carbocycles. The summed E-state index contributed by atoms with van der Waals surface area (Å²) >= 11 is 11.1. The number of anilines is 1. The van der Waals surface area contributed by atoms with Crippen LogP contribution in [0.25, 0.3) is 0 Å². The van der Waals surface area contributed by atoms with Gasteiger partial charge in [0.15, 0.2) is 0 Å². The molecule has 0 unspecified atom stereocenters. The molecule has 94 valence electrons. The highest BCUT2D eigenvalue weighted by Crippen LogP contribution is 2.24. The second kappa shape index (κ2) is 5.89. The van der Waals surface area contributed by atoms with Crippen molar-refractivity contribution in [2.75, 3.05) is 11.9 Å². The molecule has 0 amide bonds. The van der Waals surface area contributed by atoms with Crippen LogP contribution in [0.3, 0.4) is 0 Å².